The second-order valence-electron chi connectivity index (χ2n) is 8.63. The maximum Gasteiger partial charge on any atom is 0.317 e. The lowest BCUT2D eigenvalue weighted by Crippen LogP contribution is -2.53. The maximum absolute atomic E-state index is 12.6. The minimum absolute atomic E-state index is 0.0907. The summed E-state index contributed by atoms with van der Waals surface area (Å²) in [5, 5.41) is 8.10. The van der Waals surface area contributed by atoms with Crippen LogP contribution in [0.5, 0.6) is 0 Å². The van der Waals surface area contributed by atoms with E-state index in [4.69, 9.17) is 10.1 Å². The minimum atomic E-state index is 0.0907. The molecule has 1 aliphatic carbocycles. The van der Waals surface area contributed by atoms with E-state index in [-0.39, 0.29) is 6.03 Å². The Hall–Kier alpha value is -3.09. The smallest absolute Gasteiger partial charge is 0.317 e. The number of imidazole rings is 1. The van der Waals surface area contributed by atoms with Gasteiger partial charge in [-0.2, -0.15) is 0 Å². The van der Waals surface area contributed by atoms with Crippen molar-refractivity contribution in [3.8, 4) is 11.3 Å². The summed E-state index contributed by atoms with van der Waals surface area (Å²) in [5.41, 5.74) is 3.96. The number of rotatable bonds is 3. The van der Waals surface area contributed by atoms with Crippen LogP contribution < -0.4 is 10.2 Å². The van der Waals surface area contributed by atoms with E-state index in [1.807, 2.05) is 39.7 Å². The number of hydrogen-bond acceptors (Lipinski definition) is 4. The van der Waals surface area contributed by atoms with Crippen LogP contribution >= 0.6 is 0 Å². The second kappa shape index (κ2) is 8.57. The van der Waals surface area contributed by atoms with Gasteiger partial charge in [0.1, 0.15) is 5.82 Å². The average molecular weight is 419 g/mol. The number of benzene rings is 1. The molecule has 7 heteroatoms. The number of fused-ring (bicyclic) bond motifs is 1. The van der Waals surface area contributed by atoms with Crippen LogP contribution in [-0.4, -0.2) is 57.7 Å². The number of aryl methyl sites for hydroxylation is 1. The third kappa shape index (κ3) is 4.09. The first-order chi connectivity index (χ1) is 15.2. The van der Waals surface area contributed by atoms with E-state index in [0.29, 0.717) is 6.04 Å². The van der Waals surface area contributed by atoms with Gasteiger partial charge in [-0.25, -0.2) is 14.3 Å². The molecule has 2 amide bonds. The molecule has 1 saturated heterocycles. The molecule has 31 heavy (non-hydrogen) atoms. The van der Waals surface area contributed by atoms with Crippen molar-refractivity contribution in [2.24, 2.45) is 0 Å². The number of aromatic nitrogens is 3. The maximum atomic E-state index is 12.6. The van der Waals surface area contributed by atoms with E-state index in [9.17, 15) is 4.79 Å². The van der Waals surface area contributed by atoms with E-state index in [0.717, 1.165) is 67.4 Å². The third-order valence-corrected chi connectivity index (χ3v) is 6.56. The van der Waals surface area contributed by atoms with Crippen molar-refractivity contribution in [3.05, 3.63) is 48.2 Å². The molecule has 0 radical (unpaired) electrons. The van der Waals surface area contributed by atoms with Gasteiger partial charge in [0.15, 0.2) is 5.65 Å². The van der Waals surface area contributed by atoms with Crippen molar-refractivity contribution in [3.63, 3.8) is 0 Å². The van der Waals surface area contributed by atoms with Gasteiger partial charge in [-0.3, -0.25) is 0 Å². The number of nitrogens with zero attached hydrogens (tertiary/aromatic N) is 5. The quantitative estimate of drug-likeness (QED) is 0.701. The fourth-order valence-electron chi connectivity index (χ4n) is 4.72. The molecular formula is C24H30N6O. The van der Waals surface area contributed by atoms with Gasteiger partial charge in [0.25, 0.3) is 0 Å². The average Bonchev–Trinajstić information content (AvgIpc) is 3.16. The van der Waals surface area contributed by atoms with Gasteiger partial charge in [0.2, 0.25) is 0 Å². The Labute approximate surface area is 183 Å². The zero-order chi connectivity index (χ0) is 21.2. The summed E-state index contributed by atoms with van der Waals surface area (Å²) in [6.45, 7) is 5.07. The fraction of sp³-hybridized carbons (Fsp3) is 0.458. The number of piperazine rings is 1. The molecule has 2 aromatic heterocycles. The molecule has 0 unspecified atom stereocenters. The topological polar surface area (TPSA) is 65.8 Å². The second-order valence-corrected chi connectivity index (χ2v) is 8.63. The normalized spacial score (nSPS) is 17.8. The molecule has 1 N–H and O–H groups in total. The lowest BCUT2D eigenvalue weighted by molar-refractivity contribution is 0.186. The van der Waals surface area contributed by atoms with Gasteiger partial charge < -0.3 is 15.1 Å². The Bertz CT molecular complexity index is 1050. The molecule has 0 bridgehead atoms. The molecule has 3 heterocycles. The van der Waals surface area contributed by atoms with Gasteiger partial charge in [-0.05, 0) is 31.9 Å². The minimum Gasteiger partial charge on any atom is -0.352 e. The Kier molecular flexibility index (Phi) is 5.49. The summed E-state index contributed by atoms with van der Waals surface area (Å²) in [6, 6.07) is 14.7. The van der Waals surface area contributed by atoms with E-state index >= 15 is 0 Å². The number of nitrogens with one attached hydrogen (secondary N) is 1. The van der Waals surface area contributed by atoms with Crippen LogP contribution in [0.3, 0.4) is 0 Å². The monoisotopic (exact) mass is 418 g/mol. The van der Waals surface area contributed by atoms with E-state index in [2.05, 4.69) is 29.3 Å². The standard InChI is InChI=1S/C24H30N6O/c1-18-23(19-8-4-2-5-9-19)26-21-12-13-22(27-30(18)21)28-14-16-29(17-15-28)24(31)25-20-10-6-3-7-11-20/h2,4-5,8-9,12-13,20H,3,6-7,10-11,14-17H2,1H3,(H,25,31). The number of hydrogen-bond donors (Lipinski definition) is 1. The molecule has 7 nitrogen and oxygen atoms in total. The molecule has 162 valence electrons. The molecule has 1 aliphatic heterocycles. The molecule has 1 saturated carbocycles. The molecule has 2 aliphatic rings. The molecule has 0 atom stereocenters. The lowest BCUT2D eigenvalue weighted by Gasteiger charge is -2.36. The molecule has 1 aromatic carbocycles. The van der Waals surface area contributed by atoms with E-state index in [1.54, 1.807) is 0 Å². The molecular weight excluding hydrogens is 388 g/mol. The first kappa shape index (κ1) is 19.8. The SMILES string of the molecule is Cc1c(-c2ccccc2)nc2ccc(N3CCN(C(=O)NC4CCCCC4)CC3)nn12. The number of urea groups is 1. The van der Waals surface area contributed by atoms with Crippen LogP contribution in [0.2, 0.25) is 0 Å². The summed E-state index contributed by atoms with van der Waals surface area (Å²) in [6.07, 6.45) is 5.99. The number of carbonyl (C=O) groups is 1. The van der Waals surface area contributed by atoms with E-state index < -0.39 is 0 Å². The van der Waals surface area contributed by atoms with Crippen LogP contribution in [0.15, 0.2) is 42.5 Å². The van der Waals surface area contributed by atoms with Crippen LogP contribution in [0.1, 0.15) is 37.8 Å². The van der Waals surface area contributed by atoms with Gasteiger partial charge >= 0.3 is 6.03 Å². The Morgan fingerprint density at radius 2 is 1.71 bits per heavy atom. The molecule has 3 aromatic rings. The van der Waals surface area contributed by atoms with Crippen molar-refractivity contribution >= 4 is 17.5 Å². The summed E-state index contributed by atoms with van der Waals surface area (Å²) in [7, 11) is 0. The Morgan fingerprint density at radius 3 is 2.45 bits per heavy atom. The summed E-state index contributed by atoms with van der Waals surface area (Å²) in [4.78, 5) is 21.6. The third-order valence-electron chi connectivity index (χ3n) is 6.56. The molecule has 2 fully saturated rings. The molecule has 0 spiro atoms. The van der Waals surface area contributed by atoms with Crippen LogP contribution in [-0.2, 0) is 0 Å². The van der Waals surface area contributed by atoms with Gasteiger partial charge in [-0.1, -0.05) is 49.6 Å². The van der Waals surface area contributed by atoms with Crippen LogP contribution in [0.4, 0.5) is 10.6 Å². The van der Waals surface area contributed by atoms with Gasteiger partial charge in [-0.15, -0.1) is 5.10 Å². The van der Waals surface area contributed by atoms with Gasteiger partial charge in [0, 0.05) is 37.8 Å². The highest BCUT2D eigenvalue weighted by Gasteiger charge is 2.25. The van der Waals surface area contributed by atoms with Crippen LogP contribution in [0, 0.1) is 6.92 Å². The summed E-state index contributed by atoms with van der Waals surface area (Å²) >= 11 is 0. The zero-order valence-electron chi connectivity index (χ0n) is 18.1. The predicted octanol–water partition coefficient (Wildman–Crippen LogP) is 3.87. The Morgan fingerprint density at radius 1 is 0.968 bits per heavy atom. The highest BCUT2D eigenvalue weighted by atomic mass is 16.2. The lowest BCUT2D eigenvalue weighted by atomic mass is 9.96. The first-order valence-electron chi connectivity index (χ1n) is 11.4. The predicted molar refractivity (Wildman–Crippen MR) is 122 cm³/mol. The van der Waals surface area contributed by atoms with Gasteiger partial charge in [0.05, 0.1) is 11.4 Å². The number of amides is 2. The fourth-order valence-corrected chi connectivity index (χ4v) is 4.72. The van der Waals surface area contributed by atoms with E-state index in [1.165, 1.54) is 19.3 Å². The Balaban J connectivity index is 1.26. The van der Waals surface area contributed by atoms with Crippen molar-refractivity contribution in [2.75, 3.05) is 31.1 Å². The number of carbonyl (C=O) groups excluding carboxylic acids is 1. The van der Waals surface area contributed by atoms with Crippen molar-refractivity contribution in [1.82, 2.24) is 24.8 Å². The largest absolute Gasteiger partial charge is 0.352 e. The van der Waals surface area contributed by atoms with Crippen LogP contribution in [0.25, 0.3) is 16.9 Å². The summed E-state index contributed by atoms with van der Waals surface area (Å²) < 4.78 is 1.93. The molecule has 5 rings (SSSR count). The van der Waals surface area contributed by atoms with Crippen molar-refractivity contribution in [2.45, 2.75) is 45.1 Å². The number of anilines is 1. The van der Waals surface area contributed by atoms with Crippen molar-refractivity contribution < 1.29 is 4.79 Å². The van der Waals surface area contributed by atoms with Crippen molar-refractivity contribution in [1.29, 1.82) is 0 Å². The highest BCUT2D eigenvalue weighted by molar-refractivity contribution is 5.75. The highest BCUT2D eigenvalue weighted by Crippen LogP contribution is 2.24. The summed E-state index contributed by atoms with van der Waals surface area (Å²) in [5.74, 6) is 0.931. The first-order valence-corrected chi connectivity index (χ1v) is 11.4. The zero-order valence-corrected chi connectivity index (χ0v) is 18.1.